The Hall–Kier alpha value is -0.120. The van der Waals surface area contributed by atoms with E-state index in [1.165, 1.54) is 32.5 Å². The molecule has 1 fully saturated rings. The lowest BCUT2D eigenvalue weighted by atomic mass is 10.1. The van der Waals surface area contributed by atoms with Crippen LogP contribution in [0.4, 0.5) is 0 Å². The average molecular weight is 255 g/mol. The lowest BCUT2D eigenvalue weighted by Crippen LogP contribution is -2.43. The summed E-state index contributed by atoms with van der Waals surface area (Å²) in [6.45, 7) is 13.8. The fourth-order valence-electron chi connectivity index (χ4n) is 2.72. The Morgan fingerprint density at radius 2 is 2.06 bits per heavy atom. The molecule has 0 spiro atoms. The Bertz CT molecular complexity index is 234. The molecule has 1 saturated heterocycles. The fourth-order valence-corrected chi connectivity index (χ4v) is 2.72. The van der Waals surface area contributed by atoms with E-state index >= 15 is 0 Å². The molecule has 3 nitrogen and oxygen atoms in total. The van der Waals surface area contributed by atoms with Crippen LogP contribution in [0.25, 0.3) is 0 Å². The van der Waals surface area contributed by atoms with Crippen LogP contribution in [0.2, 0.25) is 0 Å². The van der Waals surface area contributed by atoms with Gasteiger partial charge < -0.3 is 15.1 Å². The maximum Gasteiger partial charge on any atom is 0.0220 e. The Balaban J connectivity index is 2.20. The van der Waals surface area contributed by atoms with Gasteiger partial charge in [0.25, 0.3) is 0 Å². The summed E-state index contributed by atoms with van der Waals surface area (Å²) >= 11 is 0. The Morgan fingerprint density at radius 3 is 2.56 bits per heavy atom. The summed E-state index contributed by atoms with van der Waals surface area (Å²) in [6.07, 6.45) is 2.74. The highest BCUT2D eigenvalue weighted by molar-refractivity contribution is 4.80. The van der Waals surface area contributed by atoms with E-state index in [9.17, 15) is 0 Å². The van der Waals surface area contributed by atoms with Crippen molar-refractivity contribution in [2.75, 3.05) is 40.3 Å². The molecule has 0 aromatic rings. The van der Waals surface area contributed by atoms with Gasteiger partial charge in [-0.2, -0.15) is 0 Å². The van der Waals surface area contributed by atoms with Gasteiger partial charge in [-0.1, -0.05) is 6.92 Å². The summed E-state index contributed by atoms with van der Waals surface area (Å²) in [5.74, 6) is 0.709. The van der Waals surface area contributed by atoms with Crippen LogP contribution in [-0.2, 0) is 0 Å². The van der Waals surface area contributed by atoms with Crippen LogP contribution >= 0.6 is 0 Å². The fraction of sp³-hybridized carbons (Fsp3) is 1.00. The highest BCUT2D eigenvalue weighted by Crippen LogP contribution is 2.15. The number of nitrogens with one attached hydrogen (secondary N) is 1. The molecule has 1 aliphatic heterocycles. The van der Waals surface area contributed by atoms with Crippen molar-refractivity contribution in [3.8, 4) is 0 Å². The van der Waals surface area contributed by atoms with Gasteiger partial charge in [-0.3, -0.25) is 0 Å². The smallest absolute Gasteiger partial charge is 0.0220 e. The molecular formula is C15H33N3. The van der Waals surface area contributed by atoms with E-state index in [-0.39, 0.29) is 5.54 Å². The molecule has 1 rings (SSSR count). The maximum atomic E-state index is 3.59. The molecule has 0 amide bonds. The standard InChI is InChI=1S/C15H33N3/c1-13(10-16-15(2,3)4)11-17(5)12-14-8-7-9-18(14)6/h13-14,16H,7-12H2,1-6H3. The van der Waals surface area contributed by atoms with Gasteiger partial charge >= 0.3 is 0 Å². The average Bonchev–Trinajstić information content (AvgIpc) is 2.60. The van der Waals surface area contributed by atoms with Crippen molar-refractivity contribution in [2.24, 2.45) is 5.92 Å². The third-order valence-electron chi connectivity index (χ3n) is 3.80. The minimum absolute atomic E-state index is 0.235. The van der Waals surface area contributed by atoms with Crippen molar-refractivity contribution in [1.82, 2.24) is 15.1 Å². The van der Waals surface area contributed by atoms with Gasteiger partial charge in [0.1, 0.15) is 0 Å². The molecule has 1 aliphatic rings. The highest BCUT2D eigenvalue weighted by Gasteiger charge is 2.22. The Kier molecular flexibility index (Phi) is 6.09. The van der Waals surface area contributed by atoms with E-state index in [1.807, 2.05) is 0 Å². The zero-order valence-electron chi connectivity index (χ0n) is 13.3. The van der Waals surface area contributed by atoms with Gasteiger partial charge in [-0.15, -0.1) is 0 Å². The minimum Gasteiger partial charge on any atom is -0.312 e. The lowest BCUT2D eigenvalue weighted by Gasteiger charge is -2.29. The van der Waals surface area contributed by atoms with E-state index in [4.69, 9.17) is 0 Å². The first-order valence-electron chi connectivity index (χ1n) is 7.42. The van der Waals surface area contributed by atoms with Gasteiger partial charge in [0.15, 0.2) is 0 Å². The zero-order chi connectivity index (χ0) is 13.8. The first-order chi connectivity index (χ1) is 8.28. The van der Waals surface area contributed by atoms with E-state index in [0.29, 0.717) is 5.92 Å². The second kappa shape index (κ2) is 6.88. The summed E-state index contributed by atoms with van der Waals surface area (Å²) in [4.78, 5) is 5.01. The topological polar surface area (TPSA) is 18.5 Å². The van der Waals surface area contributed by atoms with Crippen molar-refractivity contribution < 1.29 is 0 Å². The first-order valence-corrected chi connectivity index (χ1v) is 7.42. The van der Waals surface area contributed by atoms with E-state index < -0.39 is 0 Å². The van der Waals surface area contributed by atoms with Gasteiger partial charge in [-0.05, 0) is 66.7 Å². The first kappa shape index (κ1) is 15.9. The third-order valence-corrected chi connectivity index (χ3v) is 3.80. The summed E-state index contributed by atoms with van der Waals surface area (Å²) in [7, 11) is 4.52. The molecule has 108 valence electrons. The summed E-state index contributed by atoms with van der Waals surface area (Å²) < 4.78 is 0. The van der Waals surface area contributed by atoms with Crippen LogP contribution < -0.4 is 5.32 Å². The van der Waals surface area contributed by atoms with Crippen LogP contribution in [0.5, 0.6) is 0 Å². The van der Waals surface area contributed by atoms with Crippen molar-refractivity contribution in [1.29, 1.82) is 0 Å². The SMILES string of the molecule is CC(CNC(C)(C)C)CN(C)CC1CCCN1C. The van der Waals surface area contributed by atoms with Crippen molar-refractivity contribution in [2.45, 2.75) is 52.1 Å². The van der Waals surface area contributed by atoms with Crippen molar-refractivity contribution >= 4 is 0 Å². The molecule has 2 atom stereocenters. The molecular weight excluding hydrogens is 222 g/mol. The van der Waals surface area contributed by atoms with Gasteiger partial charge in [0.05, 0.1) is 0 Å². The molecule has 0 aliphatic carbocycles. The molecule has 1 heterocycles. The Labute approximate surface area is 114 Å². The summed E-state index contributed by atoms with van der Waals surface area (Å²) in [6, 6.07) is 0.776. The van der Waals surface area contributed by atoms with Crippen molar-refractivity contribution in [3.63, 3.8) is 0 Å². The molecule has 0 aromatic carbocycles. The lowest BCUT2D eigenvalue weighted by molar-refractivity contribution is 0.198. The van der Waals surface area contributed by atoms with Crippen molar-refractivity contribution in [3.05, 3.63) is 0 Å². The summed E-state index contributed by atoms with van der Waals surface area (Å²) in [5, 5.41) is 3.59. The zero-order valence-corrected chi connectivity index (χ0v) is 13.3. The van der Waals surface area contributed by atoms with Gasteiger partial charge in [0, 0.05) is 24.7 Å². The van der Waals surface area contributed by atoms with Crippen LogP contribution in [0.15, 0.2) is 0 Å². The number of hydrogen-bond acceptors (Lipinski definition) is 3. The van der Waals surface area contributed by atoms with Crippen LogP contribution in [0, 0.1) is 5.92 Å². The largest absolute Gasteiger partial charge is 0.312 e. The highest BCUT2D eigenvalue weighted by atomic mass is 15.2. The Morgan fingerprint density at radius 1 is 1.39 bits per heavy atom. The molecule has 1 N–H and O–H groups in total. The van der Waals surface area contributed by atoms with Gasteiger partial charge in [-0.25, -0.2) is 0 Å². The molecule has 0 bridgehead atoms. The van der Waals surface area contributed by atoms with E-state index in [0.717, 1.165) is 12.6 Å². The third kappa shape index (κ3) is 6.17. The number of hydrogen-bond donors (Lipinski definition) is 1. The van der Waals surface area contributed by atoms with Crippen LogP contribution in [0.1, 0.15) is 40.5 Å². The van der Waals surface area contributed by atoms with Crippen LogP contribution in [-0.4, -0.2) is 61.7 Å². The monoisotopic (exact) mass is 255 g/mol. The second-order valence-electron chi connectivity index (χ2n) is 7.23. The number of rotatable bonds is 6. The van der Waals surface area contributed by atoms with Gasteiger partial charge in [0.2, 0.25) is 0 Å². The normalized spacial score (nSPS) is 23.8. The van der Waals surface area contributed by atoms with E-state index in [1.54, 1.807) is 0 Å². The summed E-state index contributed by atoms with van der Waals surface area (Å²) in [5.41, 5.74) is 0.235. The predicted molar refractivity (Wildman–Crippen MR) is 80.1 cm³/mol. The molecule has 0 aromatic heterocycles. The number of nitrogens with zero attached hydrogens (tertiary/aromatic N) is 2. The predicted octanol–water partition coefficient (Wildman–Crippen LogP) is 2.04. The quantitative estimate of drug-likeness (QED) is 0.783. The molecule has 18 heavy (non-hydrogen) atoms. The minimum atomic E-state index is 0.235. The maximum absolute atomic E-state index is 3.59. The molecule has 0 saturated carbocycles. The number of likely N-dealkylation sites (tertiary alicyclic amines) is 1. The molecule has 2 unspecified atom stereocenters. The van der Waals surface area contributed by atoms with E-state index in [2.05, 4.69) is 56.9 Å². The second-order valence-corrected chi connectivity index (χ2v) is 7.23. The number of likely N-dealkylation sites (N-methyl/N-ethyl adjacent to an activating group) is 2. The molecule has 0 radical (unpaired) electrons. The van der Waals surface area contributed by atoms with Crippen LogP contribution in [0.3, 0.4) is 0 Å². The molecule has 3 heteroatoms.